The van der Waals surface area contributed by atoms with Crippen molar-refractivity contribution in [3.8, 4) is 0 Å². The van der Waals surface area contributed by atoms with E-state index in [9.17, 15) is 14.7 Å². The van der Waals surface area contributed by atoms with Crippen LogP contribution in [0.3, 0.4) is 0 Å². The molecule has 2 aromatic carbocycles. The van der Waals surface area contributed by atoms with E-state index in [1.54, 1.807) is 13.8 Å². The highest BCUT2D eigenvalue weighted by Gasteiger charge is 2.28. The molecule has 0 saturated carbocycles. The number of para-hydroxylation sites is 1. The molecular formula is C24H30N3O3S+. The molecule has 164 valence electrons. The molecule has 0 fully saturated rings. The van der Waals surface area contributed by atoms with Crippen molar-refractivity contribution in [2.75, 3.05) is 11.9 Å². The summed E-state index contributed by atoms with van der Waals surface area (Å²) < 4.78 is 0.997. The first kappa shape index (κ1) is 22.9. The number of nitrogens with zero attached hydrogens (tertiary/aromatic N) is 1. The molecule has 0 spiro atoms. The van der Waals surface area contributed by atoms with Crippen molar-refractivity contribution < 1.29 is 14.9 Å². The molecule has 0 saturated heterocycles. The highest BCUT2D eigenvalue weighted by molar-refractivity contribution is 8.01. The number of aromatic amines is 1. The summed E-state index contributed by atoms with van der Waals surface area (Å²) in [7, 11) is 0. The number of carbonyl (C=O) groups is 1. The highest BCUT2D eigenvalue weighted by Crippen LogP contribution is 2.33. The Bertz CT molecular complexity index is 1110. The molecule has 6 nitrogen and oxygen atoms in total. The Hall–Kier alpha value is -2.80. The largest absolute Gasteiger partial charge is 0.480 e. The molecule has 0 amide bonds. The predicted octanol–water partition coefficient (Wildman–Crippen LogP) is 4.23. The van der Waals surface area contributed by atoms with Gasteiger partial charge in [-0.15, -0.1) is 11.8 Å². The van der Waals surface area contributed by atoms with Crippen LogP contribution in [0.2, 0.25) is 0 Å². The van der Waals surface area contributed by atoms with Crippen LogP contribution in [0.4, 0.5) is 5.69 Å². The van der Waals surface area contributed by atoms with Gasteiger partial charge in [-0.05, 0) is 56.7 Å². The van der Waals surface area contributed by atoms with Crippen molar-refractivity contribution >= 4 is 34.3 Å². The molecule has 3 rings (SSSR count). The second-order valence-electron chi connectivity index (χ2n) is 8.05. The summed E-state index contributed by atoms with van der Waals surface area (Å²) in [4.78, 5) is 28.6. The summed E-state index contributed by atoms with van der Waals surface area (Å²) in [5, 5.41) is 13.4. The SMILES string of the molecule is CCCc1[nH+]c2ccccc2c(=O)n1CCCNc1ccc(SC(C)(C)C(=O)O)cc1. The van der Waals surface area contributed by atoms with Crippen LogP contribution in [0.1, 0.15) is 39.4 Å². The smallest absolute Gasteiger partial charge is 0.345 e. The maximum Gasteiger partial charge on any atom is 0.345 e. The number of hydrogen-bond acceptors (Lipinski definition) is 4. The average molecular weight is 441 g/mol. The van der Waals surface area contributed by atoms with Gasteiger partial charge in [0.05, 0.1) is 6.54 Å². The molecule has 1 heterocycles. The minimum Gasteiger partial charge on any atom is -0.480 e. The van der Waals surface area contributed by atoms with E-state index >= 15 is 0 Å². The quantitative estimate of drug-likeness (QED) is 0.364. The summed E-state index contributed by atoms with van der Waals surface area (Å²) in [5.74, 6) is 0.136. The van der Waals surface area contributed by atoms with E-state index in [0.29, 0.717) is 11.9 Å². The molecule has 0 bridgehead atoms. The van der Waals surface area contributed by atoms with Gasteiger partial charge < -0.3 is 10.4 Å². The summed E-state index contributed by atoms with van der Waals surface area (Å²) in [6.45, 7) is 6.89. The number of anilines is 1. The molecule has 31 heavy (non-hydrogen) atoms. The molecule has 0 aliphatic rings. The predicted molar refractivity (Wildman–Crippen MR) is 126 cm³/mol. The highest BCUT2D eigenvalue weighted by atomic mass is 32.2. The normalized spacial score (nSPS) is 11.6. The van der Waals surface area contributed by atoms with E-state index in [1.807, 2.05) is 53.1 Å². The van der Waals surface area contributed by atoms with Crippen molar-refractivity contribution in [2.45, 2.75) is 56.2 Å². The lowest BCUT2D eigenvalue weighted by molar-refractivity contribution is -0.367. The summed E-state index contributed by atoms with van der Waals surface area (Å²) in [6, 6.07) is 15.4. The molecule has 7 heteroatoms. The van der Waals surface area contributed by atoms with Crippen LogP contribution in [0.15, 0.2) is 58.2 Å². The number of benzene rings is 2. The fourth-order valence-corrected chi connectivity index (χ4v) is 4.34. The molecule has 0 aliphatic carbocycles. The van der Waals surface area contributed by atoms with Crippen molar-refractivity contribution in [1.82, 2.24) is 4.57 Å². The van der Waals surface area contributed by atoms with E-state index in [2.05, 4.69) is 17.2 Å². The lowest BCUT2D eigenvalue weighted by Gasteiger charge is -2.18. The third-order valence-corrected chi connectivity index (χ3v) is 6.32. The van der Waals surface area contributed by atoms with Gasteiger partial charge in [0.15, 0.2) is 0 Å². The summed E-state index contributed by atoms with van der Waals surface area (Å²) >= 11 is 1.33. The molecule has 3 N–H and O–H groups in total. The number of carboxylic acid groups (broad SMARTS) is 1. The Morgan fingerprint density at radius 1 is 1.16 bits per heavy atom. The van der Waals surface area contributed by atoms with Gasteiger partial charge in [-0.25, -0.2) is 9.78 Å². The standard InChI is InChI=1S/C24H29N3O3S/c1-4-8-21-26-20-10-6-5-9-19(20)22(28)27(21)16-7-15-25-17-11-13-18(14-12-17)31-24(2,3)23(29)30/h5-6,9-14,25H,4,7-8,15-16H2,1-3H3,(H,29,30)/p+1. The Kier molecular flexibility index (Phi) is 7.38. The maximum atomic E-state index is 13.0. The second-order valence-corrected chi connectivity index (χ2v) is 9.74. The summed E-state index contributed by atoms with van der Waals surface area (Å²) in [6.07, 6.45) is 2.61. The van der Waals surface area contributed by atoms with Crippen LogP contribution >= 0.6 is 11.8 Å². The van der Waals surface area contributed by atoms with Gasteiger partial charge >= 0.3 is 11.5 Å². The number of nitrogens with one attached hydrogen (secondary N) is 2. The fourth-order valence-electron chi connectivity index (χ4n) is 3.39. The van der Waals surface area contributed by atoms with Gasteiger partial charge in [-0.2, -0.15) is 4.57 Å². The number of aromatic nitrogens is 2. The minimum atomic E-state index is -0.866. The molecule has 1 aromatic heterocycles. The Labute approximate surface area is 186 Å². The zero-order valence-electron chi connectivity index (χ0n) is 18.3. The molecule has 0 unspecified atom stereocenters. The van der Waals surface area contributed by atoms with Gasteiger partial charge in [-0.3, -0.25) is 4.79 Å². The molecule has 0 aliphatic heterocycles. The Balaban J connectivity index is 1.61. The van der Waals surface area contributed by atoms with Gasteiger partial charge in [0.25, 0.3) is 5.82 Å². The zero-order valence-corrected chi connectivity index (χ0v) is 19.1. The van der Waals surface area contributed by atoms with Gasteiger partial charge in [-0.1, -0.05) is 19.1 Å². The third-order valence-electron chi connectivity index (χ3n) is 5.12. The van der Waals surface area contributed by atoms with Gasteiger partial charge in [0.1, 0.15) is 15.6 Å². The first-order chi connectivity index (χ1) is 14.8. The van der Waals surface area contributed by atoms with Gasteiger partial charge in [0, 0.05) is 30.0 Å². The van der Waals surface area contributed by atoms with Crippen LogP contribution in [0.25, 0.3) is 10.9 Å². The zero-order chi connectivity index (χ0) is 22.4. The molecule has 3 aromatic rings. The number of aliphatic carboxylic acids is 1. The first-order valence-corrected chi connectivity index (χ1v) is 11.4. The molecule has 0 atom stereocenters. The number of thioether (sulfide) groups is 1. The maximum absolute atomic E-state index is 13.0. The number of aryl methyl sites for hydroxylation is 1. The van der Waals surface area contributed by atoms with Gasteiger partial charge in [0.2, 0.25) is 0 Å². The van der Waals surface area contributed by atoms with Crippen LogP contribution in [0.5, 0.6) is 0 Å². The van der Waals surface area contributed by atoms with Crippen LogP contribution in [0, 0.1) is 0 Å². The topological polar surface area (TPSA) is 85.5 Å². The van der Waals surface area contributed by atoms with Crippen molar-refractivity contribution in [3.63, 3.8) is 0 Å². The number of rotatable bonds is 10. The Morgan fingerprint density at radius 3 is 2.55 bits per heavy atom. The third kappa shape index (κ3) is 5.67. The average Bonchev–Trinajstić information content (AvgIpc) is 2.74. The van der Waals surface area contributed by atoms with Crippen LogP contribution in [-0.4, -0.2) is 26.9 Å². The van der Waals surface area contributed by atoms with E-state index in [0.717, 1.165) is 47.7 Å². The Morgan fingerprint density at radius 2 is 1.87 bits per heavy atom. The number of fused-ring (bicyclic) bond motifs is 1. The van der Waals surface area contributed by atoms with E-state index in [4.69, 9.17) is 0 Å². The summed E-state index contributed by atoms with van der Waals surface area (Å²) in [5.41, 5.74) is 1.92. The van der Waals surface area contributed by atoms with E-state index in [-0.39, 0.29) is 5.56 Å². The minimum absolute atomic E-state index is 0.0558. The molecular weight excluding hydrogens is 410 g/mol. The van der Waals surface area contributed by atoms with Crippen molar-refractivity contribution in [3.05, 3.63) is 64.7 Å². The fraction of sp³-hybridized carbons (Fsp3) is 0.375. The molecule has 0 radical (unpaired) electrons. The number of hydrogen-bond donors (Lipinski definition) is 2. The van der Waals surface area contributed by atoms with E-state index < -0.39 is 10.7 Å². The van der Waals surface area contributed by atoms with E-state index in [1.165, 1.54) is 11.8 Å². The van der Waals surface area contributed by atoms with Crippen LogP contribution < -0.4 is 15.9 Å². The monoisotopic (exact) mass is 440 g/mol. The van der Waals surface area contributed by atoms with Crippen molar-refractivity contribution in [1.29, 1.82) is 0 Å². The second kappa shape index (κ2) is 10.0. The van der Waals surface area contributed by atoms with Crippen molar-refractivity contribution in [2.24, 2.45) is 0 Å². The lowest BCUT2D eigenvalue weighted by Crippen LogP contribution is -2.33. The number of H-pyrrole nitrogens is 1. The lowest BCUT2D eigenvalue weighted by atomic mass is 10.2. The van der Waals surface area contributed by atoms with Crippen LogP contribution in [-0.2, 0) is 17.8 Å². The number of carboxylic acids is 1. The first-order valence-electron chi connectivity index (χ1n) is 10.6.